The van der Waals surface area contributed by atoms with Crippen LogP contribution in [0.2, 0.25) is 0 Å². The number of thiophene rings is 1. The summed E-state index contributed by atoms with van der Waals surface area (Å²) in [4.78, 5) is 10.5. The van der Waals surface area contributed by atoms with Gasteiger partial charge in [-0.25, -0.2) is 9.97 Å². The lowest BCUT2D eigenvalue weighted by Crippen LogP contribution is -1.94. The normalized spacial score (nSPS) is 14.8. The number of fused-ring (bicyclic) bond motifs is 8. The molecule has 0 atom stereocenters. The molecule has 3 aromatic heterocycles. The summed E-state index contributed by atoms with van der Waals surface area (Å²) in [6.07, 6.45) is 0. The molecule has 0 N–H and O–H groups in total. The molecule has 0 saturated carbocycles. The second kappa shape index (κ2) is 11.5. The molecule has 0 aliphatic rings. The minimum atomic E-state index is -0.677. The fraction of sp³-hybridized carbons (Fsp3) is 0. The van der Waals surface area contributed by atoms with Gasteiger partial charge in [-0.1, -0.05) is 127 Å². The zero-order chi connectivity index (χ0) is 43.7. The van der Waals surface area contributed by atoms with E-state index in [0.29, 0.717) is 27.9 Å². The quantitative estimate of drug-likeness (QED) is 0.184. The number of nitrogens with zero attached hydrogens (tertiary/aromatic N) is 2. The zero-order valence-corrected chi connectivity index (χ0v) is 27.8. The van der Waals surface area contributed by atoms with E-state index < -0.39 is 71.6 Å². The standard InChI is InChI=1S/C48H28N2OS/c1-2-9-29(10-3-1)32-18-19-34-26-35(21-20-33(34)25-32)36-23-24-38-42(28-36)51-41-15-8-14-40(44(38)41)48-49-45(37-22-17-30-11-4-5-12-31(30)27-37)47-46(50-48)39-13-6-7-16-43(39)52-47/h1-28H/i1D,2D,3D,9D,10D,18D,19D,20D,21D,25D,26D. The zero-order valence-electron chi connectivity index (χ0n) is 38.0. The second-order valence-electron chi connectivity index (χ2n) is 12.5. The molecule has 8 aromatic carbocycles. The highest BCUT2D eigenvalue weighted by atomic mass is 32.1. The maximum Gasteiger partial charge on any atom is 0.161 e. The highest BCUT2D eigenvalue weighted by molar-refractivity contribution is 7.26. The lowest BCUT2D eigenvalue weighted by Gasteiger charge is -2.09. The molecule has 0 amide bonds. The van der Waals surface area contributed by atoms with Gasteiger partial charge in [-0.3, -0.25) is 0 Å². The lowest BCUT2D eigenvalue weighted by atomic mass is 9.97. The van der Waals surface area contributed by atoms with Gasteiger partial charge in [-0.15, -0.1) is 11.3 Å². The highest BCUT2D eigenvalue weighted by Gasteiger charge is 2.20. The summed E-state index contributed by atoms with van der Waals surface area (Å²) < 4.78 is 104. The molecule has 242 valence electrons. The average molecular weight is 692 g/mol. The van der Waals surface area contributed by atoms with Crippen LogP contribution in [0.1, 0.15) is 15.1 Å². The molecule has 0 unspecified atom stereocenters. The maximum atomic E-state index is 9.32. The van der Waals surface area contributed by atoms with Crippen LogP contribution < -0.4 is 0 Å². The number of furan rings is 1. The fourth-order valence-corrected chi connectivity index (χ4v) is 8.08. The Morgan fingerprint density at radius 1 is 0.519 bits per heavy atom. The van der Waals surface area contributed by atoms with Crippen LogP contribution in [0.3, 0.4) is 0 Å². The minimum absolute atomic E-state index is 0.0175. The van der Waals surface area contributed by atoms with Crippen molar-refractivity contribution < 1.29 is 19.5 Å². The Hall–Kier alpha value is -6.62. The van der Waals surface area contributed by atoms with E-state index in [1.807, 2.05) is 48.5 Å². The first-order valence-corrected chi connectivity index (χ1v) is 17.4. The molecule has 0 aliphatic heterocycles. The Bertz CT molecular complexity index is 3810. The summed E-state index contributed by atoms with van der Waals surface area (Å²) in [6, 6.07) is 27.1. The minimum Gasteiger partial charge on any atom is -0.456 e. The van der Waals surface area contributed by atoms with Crippen molar-refractivity contribution in [2.45, 2.75) is 0 Å². The number of hydrogen-bond donors (Lipinski definition) is 0. The second-order valence-corrected chi connectivity index (χ2v) is 13.5. The van der Waals surface area contributed by atoms with Gasteiger partial charge in [0.1, 0.15) is 11.2 Å². The maximum absolute atomic E-state index is 9.32. The first-order chi connectivity index (χ1) is 30.3. The third-order valence-corrected chi connectivity index (χ3v) is 10.6. The Labute approximate surface area is 318 Å². The van der Waals surface area contributed by atoms with E-state index in [0.717, 1.165) is 53.3 Å². The number of benzene rings is 8. The van der Waals surface area contributed by atoms with E-state index in [1.165, 1.54) is 0 Å². The monoisotopic (exact) mass is 691 g/mol. The Morgan fingerprint density at radius 3 is 2.15 bits per heavy atom. The van der Waals surface area contributed by atoms with E-state index >= 15 is 0 Å². The molecular formula is C48H28N2OS. The molecule has 0 fully saturated rings. The van der Waals surface area contributed by atoms with Crippen LogP contribution in [0.25, 0.3) is 109 Å². The molecule has 0 spiro atoms. The first kappa shape index (κ1) is 20.3. The molecule has 11 rings (SSSR count). The van der Waals surface area contributed by atoms with Crippen molar-refractivity contribution >= 4 is 75.1 Å². The molecule has 4 heteroatoms. The summed E-state index contributed by atoms with van der Waals surface area (Å²) in [6.45, 7) is 0. The van der Waals surface area contributed by atoms with Gasteiger partial charge in [0.25, 0.3) is 0 Å². The van der Waals surface area contributed by atoms with E-state index in [4.69, 9.17) is 28.1 Å². The lowest BCUT2D eigenvalue weighted by molar-refractivity contribution is 0.669. The van der Waals surface area contributed by atoms with Gasteiger partial charge in [-0.05, 0) is 86.2 Å². The van der Waals surface area contributed by atoms with Crippen LogP contribution in [0.4, 0.5) is 0 Å². The third kappa shape index (κ3) is 4.65. The van der Waals surface area contributed by atoms with E-state index in [2.05, 4.69) is 42.5 Å². The molecule has 11 aromatic rings. The van der Waals surface area contributed by atoms with Crippen LogP contribution in [-0.2, 0) is 0 Å². The molecule has 3 nitrogen and oxygen atoms in total. The molecule has 0 radical (unpaired) electrons. The molecule has 52 heavy (non-hydrogen) atoms. The van der Waals surface area contributed by atoms with Gasteiger partial charge >= 0.3 is 0 Å². The summed E-state index contributed by atoms with van der Waals surface area (Å²) in [5, 5.41) is 4.17. The van der Waals surface area contributed by atoms with Crippen molar-refractivity contribution in [1.82, 2.24) is 9.97 Å². The third-order valence-electron chi connectivity index (χ3n) is 9.39. The summed E-state index contributed by atoms with van der Waals surface area (Å²) in [5.74, 6) is 0.505. The number of rotatable bonds is 4. The predicted octanol–water partition coefficient (Wildman–Crippen LogP) is 13.7. The Morgan fingerprint density at radius 2 is 1.29 bits per heavy atom. The summed E-state index contributed by atoms with van der Waals surface area (Å²) in [7, 11) is 0. The SMILES string of the molecule is [2H]c1c([2H])c([2H])c(-c2c([2H])c([2H])c3c([2H])c(-c4ccc5c(c4)oc4cccc(-c6nc(-c7ccc8ccccc8c7)c7sc8ccccc8c7n6)c45)c([2H])c([2H])c3c2[2H])c([2H])c1[2H]. The van der Waals surface area contributed by atoms with Crippen molar-refractivity contribution in [3.8, 4) is 44.9 Å². The fourth-order valence-electron chi connectivity index (χ4n) is 6.93. The van der Waals surface area contributed by atoms with Crippen molar-refractivity contribution in [2.75, 3.05) is 0 Å². The summed E-state index contributed by atoms with van der Waals surface area (Å²) >= 11 is 1.65. The van der Waals surface area contributed by atoms with E-state index in [1.54, 1.807) is 23.5 Å². The van der Waals surface area contributed by atoms with Crippen molar-refractivity contribution in [3.63, 3.8) is 0 Å². The smallest absolute Gasteiger partial charge is 0.161 e. The van der Waals surface area contributed by atoms with Gasteiger partial charge in [0.15, 0.2) is 5.82 Å². The first-order valence-electron chi connectivity index (χ1n) is 22.1. The summed E-state index contributed by atoms with van der Waals surface area (Å²) in [5.41, 5.74) is 3.73. The van der Waals surface area contributed by atoms with E-state index in [9.17, 15) is 1.37 Å². The molecule has 3 heterocycles. The molecule has 0 bridgehead atoms. The Balaban J connectivity index is 1.10. The number of aromatic nitrogens is 2. The van der Waals surface area contributed by atoms with Crippen LogP contribution in [0.5, 0.6) is 0 Å². The number of hydrogen-bond acceptors (Lipinski definition) is 4. The topological polar surface area (TPSA) is 38.9 Å². The van der Waals surface area contributed by atoms with Crippen LogP contribution in [0, 0.1) is 0 Å². The van der Waals surface area contributed by atoms with Gasteiger partial charge < -0.3 is 4.42 Å². The van der Waals surface area contributed by atoms with Crippen LogP contribution in [0.15, 0.2) is 174 Å². The average Bonchev–Trinajstić information content (AvgIpc) is 3.87. The van der Waals surface area contributed by atoms with Gasteiger partial charge in [-0.2, -0.15) is 0 Å². The van der Waals surface area contributed by atoms with Crippen LogP contribution >= 0.6 is 11.3 Å². The van der Waals surface area contributed by atoms with Gasteiger partial charge in [0, 0.05) is 32.0 Å². The van der Waals surface area contributed by atoms with Gasteiger partial charge in [0.05, 0.1) is 31.0 Å². The largest absolute Gasteiger partial charge is 0.456 e. The van der Waals surface area contributed by atoms with E-state index in [-0.39, 0.29) is 22.4 Å². The van der Waals surface area contributed by atoms with Crippen molar-refractivity contribution in [2.24, 2.45) is 0 Å². The molecular weight excluding hydrogens is 653 g/mol. The van der Waals surface area contributed by atoms with Gasteiger partial charge in [0.2, 0.25) is 0 Å². The Kier molecular flexibility index (Phi) is 4.47. The van der Waals surface area contributed by atoms with Crippen molar-refractivity contribution in [1.29, 1.82) is 0 Å². The molecule has 0 saturated heterocycles. The molecule has 0 aliphatic carbocycles. The predicted molar refractivity (Wildman–Crippen MR) is 219 cm³/mol. The van der Waals surface area contributed by atoms with Crippen LogP contribution in [-0.4, -0.2) is 9.97 Å². The highest BCUT2D eigenvalue weighted by Crippen LogP contribution is 2.43. The van der Waals surface area contributed by atoms with Crippen molar-refractivity contribution in [3.05, 3.63) is 170 Å².